The molecule has 2 aliphatic rings. The Balaban J connectivity index is 1.98. The molecule has 0 aliphatic heterocycles. The molecule has 0 spiro atoms. The van der Waals surface area contributed by atoms with Crippen LogP contribution in [0.5, 0.6) is 0 Å². The van der Waals surface area contributed by atoms with Gasteiger partial charge in [0.05, 0.1) is 11.4 Å². The van der Waals surface area contributed by atoms with Crippen molar-refractivity contribution in [1.82, 2.24) is 5.32 Å². The summed E-state index contributed by atoms with van der Waals surface area (Å²) in [5, 5.41) is 11.4. The van der Waals surface area contributed by atoms with E-state index in [-0.39, 0.29) is 17.0 Å². The van der Waals surface area contributed by atoms with E-state index in [1.54, 1.807) is 0 Å². The van der Waals surface area contributed by atoms with E-state index in [2.05, 4.69) is 21.2 Å². The van der Waals surface area contributed by atoms with Crippen molar-refractivity contribution in [3.8, 4) is 0 Å². The Labute approximate surface area is 109 Å². The highest BCUT2D eigenvalue weighted by molar-refractivity contribution is 9.09. The van der Waals surface area contributed by atoms with Crippen LogP contribution in [0.2, 0.25) is 0 Å². The summed E-state index contributed by atoms with van der Waals surface area (Å²) < 4.78 is 0. The van der Waals surface area contributed by atoms with Crippen LogP contribution in [0, 0.1) is 17.8 Å². The van der Waals surface area contributed by atoms with Crippen LogP contribution < -0.4 is 5.32 Å². The van der Waals surface area contributed by atoms with Gasteiger partial charge in [0.15, 0.2) is 5.78 Å². The molecule has 3 unspecified atom stereocenters. The van der Waals surface area contributed by atoms with Gasteiger partial charge in [-0.1, -0.05) is 15.9 Å². The average Bonchev–Trinajstić information content (AvgIpc) is 3.03. The first-order valence-corrected chi connectivity index (χ1v) is 7.32. The first-order valence-electron chi connectivity index (χ1n) is 6.20. The number of fused-ring (bicyclic) bond motifs is 1. The summed E-state index contributed by atoms with van der Waals surface area (Å²) >= 11 is 3.13. The van der Waals surface area contributed by atoms with Gasteiger partial charge in [-0.3, -0.25) is 4.79 Å². The molecule has 0 aromatic rings. The molecule has 4 nitrogen and oxygen atoms in total. The zero-order chi connectivity index (χ0) is 12.4. The molecule has 0 radical (unpaired) electrons. The number of nitrogens with one attached hydrogen (secondary N) is 1. The van der Waals surface area contributed by atoms with Gasteiger partial charge >= 0.3 is 6.09 Å². The monoisotopic (exact) mass is 303 g/mol. The second-order valence-corrected chi connectivity index (χ2v) is 5.76. The van der Waals surface area contributed by atoms with E-state index >= 15 is 0 Å². The van der Waals surface area contributed by atoms with E-state index in [4.69, 9.17) is 5.11 Å². The normalized spacial score (nSPS) is 33.1. The minimum absolute atomic E-state index is 0.0482. The first kappa shape index (κ1) is 12.9. The van der Waals surface area contributed by atoms with Gasteiger partial charge in [-0.05, 0) is 49.9 Å². The van der Waals surface area contributed by atoms with Crippen molar-refractivity contribution in [3.05, 3.63) is 0 Å². The number of ketones is 1. The Morgan fingerprint density at radius 2 is 1.82 bits per heavy atom. The predicted molar refractivity (Wildman–Crippen MR) is 67.3 cm³/mol. The van der Waals surface area contributed by atoms with Crippen molar-refractivity contribution in [3.63, 3.8) is 0 Å². The lowest BCUT2D eigenvalue weighted by Crippen LogP contribution is -2.46. The molecule has 2 saturated carbocycles. The molecular weight excluding hydrogens is 286 g/mol. The SMILES string of the molecule is O=C(O)NC(C(=O)CBr)C1CCC2CC2CC1. The van der Waals surface area contributed by atoms with Crippen LogP contribution in [0.3, 0.4) is 0 Å². The van der Waals surface area contributed by atoms with Crippen LogP contribution in [-0.2, 0) is 4.79 Å². The van der Waals surface area contributed by atoms with E-state index < -0.39 is 12.1 Å². The van der Waals surface area contributed by atoms with Gasteiger partial charge < -0.3 is 10.4 Å². The molecule has 0 aromatic carbocycles. The molecule has 17 heavy (non-hydrogen) atoms. The summed E-state index contributed by atoms with van der Waals surface area (Å²) in [7, 11) is 0. The van der Waals surface area contributed by atoms with Crippen molar-refractivity contribution in [2.75, 3.05) is 5.33 Å². The van der Waals surface area contributed by atoms with Crippen LogP contribution >= 0.6 is 15.9 Å². The van der Waals surface area contributed by atoms with Gasteiger partial charge in [0.1, 0.15) is 0 Å². The smallest absolute Gasteiger partial charge is 0.405 e. The number of amides is 1. The van der Waals surface area contributed by atoms with Gasteiger partial charge in [0.25, 0.3) is 0 Å². The van der Waals surface area contributed by atoms with Gasteiger partial charge in [-0.2, -0.15) is 0 Å². The number of carbonyl (C=O) groups excluding carboxylic acids is 1. The van der Waals surface area contributed by atoms with Crippen LogP contribution in [0.1, 0.15) is 32.1 Å². The number of halogens is 1. The third-order valence-corrected chi connectivity index (χ3v) is 4.67. The van der Waals surface area contributed by atoms with Crippen molar-refractivity contribution in [2.45, 2.75) is 38.1 Å². The molecule has 5 heteroatoms. The molecule has 2 rings (SSSR count). The van der Waals surface area contributed by atoms with Gasteiger partial charge in [-0.15, -0.1) is 0 Å². The van der Waals surface area contributed by atoms with E-state index in [1.807, 2.05) is 0 Å². The average molecular weight is 304 g/mol. The van der Waals surface area contributed by atoms with Gasteiger partial charge in [0.2, 0.25) is 0 Å². The molecule has 2 aliphatic carbocycles. The number of hydrogen-bond acceptors (Lipinski definition) is 2. The number of rotatable bonds is 4. The summed E-state index contributed by atoms with van der Waals surface area (Å²) in [6.45, 7) is 0. The Hall–Kier alpha value is -0.580. The second-order valence-electron chi connectivity index (χ2n) is 5.20. The van der Waals surface area contributed by atoms with Crippen molar-refractivity contribution < 1.29 is 14.7 Å². The second kappa shape index (κ2) is 5.38. The number of Topliss-reactive ketones (excluding diaryl/α,β-unsaturated/α-hetero) is 1. The fourth-order valence-electron chi connectivity index (χ4n) is 3.03. The molecule has 96 valence electrons. The molecule has 0 bridgehead atoms. The summed E-state index contributed by atoms with van der Waals surface area (Å²) in [6.07, 6.45) is 4.51. The number of hydrogen-bond donors (Lipinski definition) is 2. The van der Waals surface area contributed by atoms with Gasteiger partial charge in [0, 0.05) is 0 Å². The number of alkyl halides is 1. The molecule has 2 fully saturated rings. The largest absolute Gasteiger partial charge is 0.465 e. The highest BCUT2D eigenvalue weighted by Crippen LogP contribution is 2.49. The quantitative estimate of drug-likeness (QED) is 0.784. The lowest BCUT2D eigenvalue weighted by atomic mass is 9.88. The predicted octanol–water partition coefficient (Wildman–Crippen LogP) is 2.41. The zero-order valence-corrected chi connectivity index (χ0v) is 11.3. The van der Waals surface area contributed by atoms with Gasteiger partial charge in [-0.25, -0.2) is 4.79 Å². The fourth-order valence-corrected chi connectivity index (χ4v) is 3.38. The molecule has 2 N–H and O–H groups in total. The Morgan fingerprint density at radius 1 is 1.24 bits per heavy atom. The van der Waals surface area contributed by atoms with Crippen LogP contribution in [-0.4, -0.2) is 28.4 Å². The highest BCUT2D eigenvalue weighted by Gasteiger charge is 2.41. The fraction of sp³-hybridized carbons (Fsp3) is 0.833. The molecule has 1 amide bonds. The van der Waals surface area contributed by atoms with Crippen molar-refractivity contribution >= 4 is 27.8 Å². The van der Waals surface area contributed by atoms with Crippen LogP contribution in [0.25, 0.3) is 0 Å². The number of carbonyl (C=O) groups is 2. The maximum absolute atomic E-state index is 11.8. The van der Waals surface area contributed by atoms with E-state index in [0.717, 1.165) is 37.5 Å². The Bertz CT molecular complexity index is 309. The molecule has 0 heterocycles. The summed E-state index contributed by atoms with van der Waals surface area (Å²) in [5.41, 5.74) is 0. The number of carboxylic acid groups (broad SMARTS) is 1. The van der Waals surface area contributed by atoms with Crippen LogP contribution in [0.15, 0.2) is 0 Å². The molecule has 0 aromatic heterocycles. The minimum atomic E-state index is -1.10. The lowest BCUT2D eigenvalue weighted by Gasteiger charge is -2.24. The highest BCUT2D eigenvalue weighted by atomic mass is 79.9. The minimum Gasteiger partial charge on any atom is -0.465 e. The summed E-state index contributed by atoms with van der Waals surface area (Å²) in [6, 6.07) is -0.524. The van der Waals surface area contributed by atoms with E-state index in [0.29, 0.717) is 0 Å². The third-order valence-electron chi connectivity index (χ3n) is 4.11. The van der Waals surface area contributed by atoms with Crippen LogP contribution in [0.4, 0.5) is 4.79 Å². The first-order chi connectivity index (χ1) is 8.11. The molecule has 0 saturated heterocycles. The Morgan fingerprint density at radius 3 is 2.29 bits per heavy atom. The molecular formula is C12H18BrNO3. The van der Waals surface area contributed by atoms with Crippen molar-refractivity contribution in [1.29, 1.82) is 0 Å². The lowest BCUT2D eigenvalue weighted by molar-refractivity contribution is -0.119. The molecule has 3 atom stereocenters. The topological polar surface area (TPSA) is 66.4 Å². The summed E-state index contributed by atoms with van der Waals surface area (Å²) in [4.78, 5) is 22.5. The maximum atomic E-state index is 11.8. The Kier molecular flexibility index (Phi) is 4.07. The summed E-state index contributed by atoms with van der Waals surface area (Å²) in [5.74, 6) is 1.84. The van der Waals surface area contributed by atoms with Crippen molar-refractivity contribution in [2.24, 2.45) is 17.8 Å². The third kappa shape index (κ3) is 3.21. The van der Waals surface area contributed by atoms with E-state index in [1.165, 1.54) is 6.42 Å². The van der Waals surface area contributed by atoms with E-state index in [9.17, 15) is 9.59 Å². The maximum Gasteiger partial charge on any atom is 0.405 e. The zero-order valence-electron chi connectivity index (χ0n) is 9.69. The standard InChI is InChI=1S/C12H18BrNO3/c13-6-10(15)11(14-12(16)17)7-1-3-8-5-9(8)4-2-7/h7-9,11,14H,1-6H2,(H,16,17).